The smallest absolute Gasteiger partial charge is 0.331 e. The molecule has 0 bridgehead atoms. The summed E-state index contributed by atoms with van der Waals surface area (Å²) in [7, 11) is 1.56. The van der Waals surface area contributed by atoms with E-state index in [2.05, 4.69) is 5.32 Å². The zero-order valence-corrected chi connectivity index (χ0v) is 14.3. The molecule has 6 heteroatoms. The lowest BCUT2D eigenvalue weighted by Gasteiger charge is -2.11. The van der Waals surface area contributed by atoms with Crippen LogP contribution in [-0.4, -0.2) is 25.6 Å². The first kappa shape index (κ1) is 17.7. The van der Waals surface area contributed by atoms with Gasteiger partial charge in [0.1, 0.15) is 5.75 Å². The number of benzene rings is 1. The van der Waals surface area contributed by atoms with Gasteiger partial charge in [0.2, 0.25) is 0 Å². The van der Waals surface area contributed by atoms with Crippen LogP contribution in [0.5, 0.6) is 5.75 Å². The first-order valence-corrected chi connectivity index (χ1v) is 8.28. The van der Waals surface area contributed by atoms with Crippen molar-refractivity contribution in [3.63, 3.8) is 0 Å². The van der Waals surface area contributed by atoms with Crippen LogP contribution in [0.25, 0.3) is 6.08 Å². The van der Waals surface area contributed by atoms with E-state index < -0.39 is 5.97 Å². The quantitative estimate of drug-likeness (QED) is 0.618. The number of rotatable bonds is 7. The van der Waals surface area contributed by atoms with Crippen LogP contribution in [0.15, 0.2) is 47.9 Å². The lowest BCUT2D eigenvalue weighted by molar-refractivity contribution is -0.144. The van der Waals surface area contributed by atoms with Crippen molar-refractivity contribution in [3.05, 3.63) is 58.3 Å². The summed E-state index contributed by atoms with van der Waals surface area (Å²) in [6.07, 6.45) is 2.86. The molecule has 126 valence electrons. The van der Waals surface area contributed by atoms with E-state index >= 15 is 0 Å². The second kappa shape index (κ2) is 8.88. The molecule has 1 atom stereocenters. The highest BCUT2D eigenvalue weighted by molar-refractivity contribution is 7.10. The van der Waals surface area contributed by atoms with Gasteiger partial charge in [-0.05, 0) is 30.5 Å². The van der Waals surface area contributed by atoms with Crippen molar-refractivity contribution in [2.45, 2.75) is 13.0 Å². The van der Waals surface area contributed by atoms with E-state index in [9.17, 15) is 9.59 Å². The summed E-state index contributed by atoms with van der Waals surface area (Å²) < 4.78 is 10.1. The highest BCUT2D eigenvalue weighted by Crippen LogP contribution is 2.19. The lowest BCUT2D eigenvalue weighted by atomic mass is 10.2. The van der Waals surface area contributed by atoms with E-state index in [0.29, 0.717) is 5.75 Å². The van der Waals surface area contributed by atoms with Gasteiger partial charge in [-0.1, -0.05) is 24.3 Å². The number of hydrogen-bond acceptors (Lipinski definition) is 5. The van der Waals surface area contributed by atoms with Crippen LogP contribution in [0.1, 0.15) is 23.4 Å². The predicted molar refractivity (Wildman–Crippen MR) is 93.9 cm³/mol. The normalized spacial score (nSPS) is 11.9. The predicted octanol–water partition coefficient (Wildman–Crippen LogP) is 3.19. The van der Waals surface area contributed by atoms with Gasteiger partial charge < -0.3 is 14.8 Å². The van der Waals surface area contributed by atoms with Gasteiger partial charge in [0, 0.05) is 16.5 Å². The third-order valence-electron chi connectivity index (χ3n) is 3.23. The molecule has 1 heterocycles. The van der Waals surface area contributed by atoms with Crippen molar-refractivity contribution in [2.75, 3.05) is 13.7 Å². The van der Waals surface area contributed by atoms with Crippen molar-refractivity contribution in [3.8, 4) is 5.75 Å². The van der Waals surface area contributed by atoms with E-state index in [-0.39, 0.29) is 18.6 Å². The molecule has 1 N–H and O–H groups in total. The number of para-hydroxylation sites is 1. The van der Waals surface area contributed by atoms with Crippen LogP contribution in [-0.2, 0) is 14.3 Å². The Bertz CT molecular complexity index is 710. The number of carbonyl (C=O) groups excluding carboxylic acids is 2. The fourth-order valence-corrected chi connectivity index (χ4v) is 2.77. The largest absolute Gasteiger partial charge is 0.496 e. The number of amides is 1. The molecule has 24 heavy (non-hydrogen) atoms. The number of ether oxygens (including phenoxy) is 2. The maximum atomic E-state index is 11.8. The Hall–Kier alpha value is -2.60. The van der Waals surface area contributed by atoms with Crippen molar-refractivity contribution in [1.29, 1.82) is 0 Å². The maximum absolute atomic E-state index is 11.8. The van der Waals surface area contributed by atoms with Gasteiger partial charge in [0.05, 0.1) is 13.2 Å². The number of esters is 1. The van der Waals surface area contributed by atoms with Crippen LogP contribution in [0, 0.1) is 0 Å². The van der Waals surface area contributed by atoms with Crippen LogP contribution in [0.4, 0.5) is 0 Å². The zero-order chi connectivity index (χ0) is 17.4. The van der Waals surface area contributed by atoms with Gasteiger partial charge in [-0.3, -0.25) is 4.79 Å². The van der Waals surface area contributed by atoms with Crippen LogP contribution in [0.3, 0.4) is 0 Å². The summed E-state index contributed by atoms with van der Waals surface area (Å²) in [6.45, 7) is 1.57. The molecule has 1 aromatic heterocycles. The molecule has 2 rings (SSSR count). The van der Waals surface area contributed by atoms with E-state index in [4.69, 9.17) is 9.47 Å². The highest BCUT2D eigenvalue weighted by atomic mass is 32.1. The molecular weight excluding hydrogens is 326 g/mol. The summed E-state index contributed by atoms with van der Waals surface area (Å²) in [6, 6.07) is 11.0. The maximum Gasteiger partial charge on any atom is 0.331 e. The lowest BCUT2D eigenvalue weighted by Crippen LogP contribution is -2.30. The minimum Gasteiger partial charge on any atom is -0.496 e. The second-order valence-electron chi connectivity index (χ2n) is 4.99. The SMILES string of the molecule is COc1ccccc1/C=C/C(=O)OCC(=O)N[C@@H](C)c1cccs1. The highest BCUT2D eigenvalue weighted by Gasteiger charge is 2.11. The van der Waals surface area contributed by atoms with Crippen LogP contribution < -0.4 is 10.1 Å². The summed E-state index contributed by atoms with van der Waals surface area (Å²) >= 11 is 1.56. The van der Waals surface area contributed by atoms with Crippen molar-refractivity contribution in [2.24, 2.45) is 0 Å². The summed E-state index contributed by atoms with van der Waals surface area (Å²) in [5.74, 6) is -0.265. The molecule has 0 aliphatic rings. The zero-order valence-electron chi connectivity index (χ0n) is 13.5. The number of carbonyl (C=O) groups is 2. The van der Waals surface area contributed by atoms with Gasteiger partial charge in [-0.15, -0.1) is 11.3 Å². The molecule has 2 aromatic rings. The van der Waals surface area contributed by atoms with E-state index in [1.807, 2.05) is 42.6 Å². The van der Waals surface area contributed by atoms with Gasteiger partial charge in [0.25, 0.3) is 5.91 Å². The number of nitrogens with one attached hydrogen (secondary N) is 1. The summed E-state index contributed by atoms with van der Waals surface area (Å²) in [5.41, 5.74) is 0.757. The monoisotopic (exact) mass is 345 g/mol. The first-order valence-electron chi connectivity index (χ1n) is 7.40. The fraction of sp³-hybridized carbons (Fsp3) is 0.222. The van der Waals surface area contributed by atoms with Crippen molar-refractivity contribution >= 4 is 29.3 Å². The van der Waals surface area contributed by atoms with Gasteiger partial charge in [-0.25, -0.2) is 4.79 Å². The van der Waals surface area contributed by atoms with E-state index in [1.54, 1.807) is 30.6 Å². The third kappa shape index (κ3) is 5.24. The van der Waals surface area contributed by atoms with Gasteiger partial charge >= 0.3 is 5.97 Å². The minimum absolute atomic E-state index is 0.111. The molecule has 1 amide bonds. The minimum atomic E-state index is -0.583. The van der Waals surface area contributed by atoms with E-state index in [0.717, 1.165) is 10.4 Å². The van der Waals surface area contributed by atoms with Crippen LogP contribution >= 0.6 is 11.3 Å². The molecular formula is C18H19NO4S. The third-order valence-corrected chi connectivity index (χ3v) is 4.29. The summed E-state index contributed by atoms with van der Waals surface area (Å²) in [5, 5.41) is 4.72. The molecule has 0 saturated heterocycles. The molecule has 0 aliphatic carbocycles. The molecule has 0 unspecified atom stereocenters. The first-order chi connectivity index (χ1) is 11.6. The number of hydrogen-bond donors (Lipinski definition) is 1. The standard InChI is InChI=1S/C18H19NO4S/c1-13(16-8-5-11-24-16)19-17(20)12-23-18(21)10-9-14-6-3-4-7-15(14)22-2/h3-11,13H,12H2,1-2H3,(H,19,20)/b10-9+/t13-/m0/s1. The second-order valence-corrected chi connectivity index (χ2v) is 5.97. The molecule has 0 saturated carbocycles. The topological polar surface area (TPSA) is 64.6 Å². The molecule has 1 aromatic carbocycles. The Morgan fingerprint density at radius 3 is 2.75 bits per heavy atom. The molecule has 5 nitrogen and oxygen atoms in total. The van der Waals surface area contributed by atoms with E-state index in [1.165, 1.54) is 6.08 Å². The molecule has 0 aliphatic heterocycles. The fourth-order valence-electron chi connectivity index (χ4n) is 2.04. The molecule has 0 radical (unpaired) electrons. The Labute approximate surface area is 144 Å². The van der Waals surface area contributed by atoms with Gasteiger partial charge in [0.15, 0.2) is 6.61 Å². The number of thiophene rings is 1. The average molecular weight is 345 g/mol. The Morgan fingerprint density at radius 2 is 2.04 bits per heavy atom. The molecule has 0 fully saturated rings. The summed E-state index contributed by atoms with van der Waals surface area (Å²) in [4.78, 5) is 24.6. The average Bonchev–Trinajstić information content (AvgIpc) is 3.13. The van der Waals surface area contributed by atoms with Crippen LogP contribution in [0.2, 0.25) is 0 Å². The Balaban J connectivity index is 1.80. The number of methoxy groups -OCH3 is 1. The van der Waals surface area contributed by atoms with Crippen molar-refractivity contribution in [1.82, 2.24) is 5.32 Å². The molecule has 0 spiro atoms. The Morgan fingerprint density at radius 1 is 1.25 bits per heavy atom. The van der Waals surface area contributed by atoms with Gasteiger partial charge in [-0.2, -0.15) is 0 Å². The Kier molecular flexibility index (Phi) is 6.57. The van der Waals surface area contributed by atoms with Crippen molar-refractivity contribution < 1.29 is 19.1 Å².